The number of hydrogen-bond acceptors (Lipinski definition) is 2. The van der Waals surface area contributed by atoms with Crippen molar-refractivity contribution in [3.63, 3.8) is 0 Å². The van der Waals surface area contributed by atoms with Crippen molar-refractivity contribution in [3.05, 3.63) is 35.4 Å². The minimum absolute atomic E-state index is 0.269. The lowest BCUT2D eigenvalue weighted by molar-refractivity contribution is 0.0868. The molecule has 0 aromatic heterocycles. The molecule has 1 aliphatic rings. The molecule has 0 amide bonds. The molecule has 19 heavy (non-hydrogen) atoms. The Morgan fingerprint density at radius 2 is 1.89 bits per heavy atom. The number of nitrogens with zero attached hydrogens (tertiary/aromatic N) is 1. The molecule has 0 unspecified atom stereocenters. The van der Waals surface area contributed by atoms with Crippen LogP contribution in [0.5, 0.6) is 0 Å². The van der Waals surface area contributed by atoms with Gasteiger partial charge in [0.25, 0.3) is 0 Å². The average Bonchev–Trinajstić information content (AvgIpc) is 2.46. The number of carbonyl (C=O) groups excluding carboxylic acids is 1. The molecule has 0 radical (unpaired) electrons. The van der Waals surface area contributed by atoms with Gasteiger partial charge in [-0.15, -0.1) is 0 Å². The van der Waals surface area contributed by atoms with Gasteiger partial charge in [0.15, 0.2) is 5.78 Å². The van der Waals surface area contributed by atoms with Crippen molar-refractivity contribution in [1.82, 2.24) is 4.90 Å². The second-order valence-corrected chi connectivity index (χ2v) is 5.59. The fourth-order valence-electron chi connectivity index (χ4n) is 3.10. The fraction of sp³-hybridized carbons (Fsp3) is 0.588. The minimum Gasteiger partial charge on any atom is -0.293 e. The zero-order chi connectivity index (χ0) is 13.7. The predicted octanol–water partition coefficient (Wildman–Crippen LogP) is 3.83. The van der Waals surface area contributed by atoms with Crippen LogP contribution in [0.15, 0.2) is 24.3 Å². The molecule has 0 heterocycles. The van der Waals surface area contributed by atoms with Crippen molar-refractivity contribution in [2.75, 3.05) is 13.1 Å². The van der Waals surface area contributed by atoms with Gasteiger partial charge in [0.1, 0.15) is 0 Å². The number of aryl methyl sites for hydroxylation is 1. The predicted molar refractivity (Wildman–Crippen MR) is 79.6 cm³/mol. The van der Waals surface area contributed by atoms with Crippen LogP contribution in [0, 0.1) is 6.92 Å². The number of Topliss-reactive ketones (excluding diaryl/α,β-unsaturated/α-hetero) is 1. The molecular weight excluding hydrogens is 234 g/mol. The molecular formula is C17H25NO. The third kappa shape index (κ3) is 3.66. The maximum atomic E-state index is 12.4. The van der Waals surface area contributed by atoms with Crippen LogP contribution < -0.4 is 0 Å². The molecule has 2 rings (SSSR count). The zero-order valence-electron chi connectivity index (χ0n) is 12.2. The Labute approximate surface area is 116 Å². The summed E-state index contributed by atoms with van der Waals surface area (Å²) >= 11 is 0. The van der Waals surface area contributed by atoms with Crippen molar-refractivity contribution >= 4 is 5.78 Å². The quantitative estimate of drug-likeness (QED) is 0.749. The van der Waals surface area contributed by atoms with E-state index in [9.17, 15) is 4.79 Å². The van der Waals surface area contributed by atoms with Gasteiger partial charge in [-0.3, -0.25) is 9.69 Å². The summed E-state index contributed by atoms with van der Waals surface area (Å²) in [5.74, 6) is 0.269. The first-order valence-corrected chi connectivity index (χ1v) is 7.55. The van der Waals surface area contributed by atoms with Gasteiger partial charge in [0.05, 0.1) is 6.54 Å². The van der Waals surface area contributed by atoms with Crippen LogP contribution in [-0.4, -0.2) is 29.8 Å². The van der Waals surface area contributed by atoms with E-state index < -0.39 is 0 Å². The average molecular weight is 259 g/mol. The Kier molecular flexibility index (Phi) is 5.15. The second-order valence-electron chi connectivity index (χ2n) is 5.59. The molecule has 0 atom stereocenters. The Morgan fingerprint density at radius 1 is 1.21 bits per heavy atom. The van der Waals surface area contributed by atoms with Gasteiger partial charge in [-0.2, -0.15) is 0 Å². The molecule has 0 bridgehead atoms. The highest BCUT2D eigenvalue weighted by Gasteiger charge is 2.22. The zero-order valence-corrected chi connectivity index (χ0v) is 12.2. The number of ketones is 1. The summed E-state index contributed by atoms with van der Waals surface area (Å²) in [4.78, 5) is 14.8. The molecule has 0 N–H and O–H groups in total. The number of hydrogen-bond donors (Lipinski definition) is 0. The smallest absolute Gasteiger partial charge is 0.177 e. The van der Waals surface area contributed by atoms with Crippen molar-refractivity contribution in [2.45, 2.75) is 52.0 Å². The van der Waals surface area contributed by atoms with E-state index in [2.05, 4.69) is 11.8 Å². The number of benzene rings is 1. The van der Waals surface area contributed by atoms with Crippen molar-refractivity contribution < 1.29 is 4.79 Å². The SMILES string of the molecule is CCN(CC(=O)c1ccccc1C)C1CCCCC1. The highest BCUT2D eigenvalue weighted by molar-refractivity contribution is 5.98. The van der Waals surface area contributed by atoms with Crippen LogP contribution in [0.4, 0.5) is 0 Å². The molecule has 0 spiro atoms. The summed E-state index contributed by atoms with van der Waals surface area (Å²) in [7, 11) is 0. The van der Waals surface area contributed by atoms with Crippen LogP contribution in [0.25, 0.3) is 0 Å². The molecule has 1 saturated carbocycles. The molecule has 104 valence electrons. The first-order valence-electron chi connectivity index (χ1n) is 7.55. The number of rotatable bonds is 5. The van der Waals surface area contributed by atoms with Crippen LogP contribution in [0.2, 0.25) is 0 Å². The molecule has 1 aromatic carbocycles. The fourth-order valence-corrected chi connectivity index (χ4v) is 3.10. The lowest BCUT2D eigenvalue weighted by Crippen LogP contribution is -2.40. The van der Waals surface area contributed by atoms with Gasteiger partial charge in [0, 0.05) is 11.6 Å². The second kappa shape index (κ2) is 6.85. The monoisotopic (exact) mass is 259 g/mol. The normalized spacial score (nSPS) is 16.8. The lowest BCUT2D eigenvalue weighted by atomic mass is 9.93. The Hall–Kier alpha value is -1.15. The Bertz CT molecular complexity index is 421. The first kappa shape index (κ1) is 14.3. The third-order valence-electron chi connectivity index (χ3n) is 4.29. The molecule has 0 saturated heterocycles. The van der Waals surface area contributed by atoms with Crippen molar-refractivity contribution in [2.24, 2.45) is 0 Å². The van der Waals surface area contributed by atoms with Crippen LogP contribution in [0.3, 0.4) is 0 Å². The van der Waals surface area contributed by atoms with E-state index in [1.54, 1.807) is 0 Å². The van der Waals surface area contributed by atoms with E-state index in [1.807, 2.05) is 31.2 Å². The van der Waals surface area contributed by atoms with Crippen molar-refractivity contribution in [1.29, 1.82) is 0 Å². The van der Waals surface area contributed by atoms with Crippen LogP contribution in [0.1, 0.15) is 54.9 Å². The Balaban J connectivity index is 2.01. The summed E-state index contributed by atoms with van der Waals surface area (Å²) in [5, 5.41) is 0. The van der Waals surface area contributed by atoms with Crippen molar-refractivity contribution in [3.8, 4) is 0 Å². The molecule has 1 fully saturated rings. The van der Waals surface area contributed by atoms with Gasteiger partial charge in [0.2, 0.25) is 0 Å². The summed E-state index contributed by atoms with van der Waals surface area (Å²) in [6.45, 7) is 5.73. The largest absolute Gasteiger partial charge is 0.293 e. The van der Waals surface area contributed by atoms with Gasteiger partial charge in [-0.05, 0) is 31.9 Å². The van der Waals surface area contributed by atoms with Crippen LogP contribution in [-0.2, 0) is 0 Å². The number of likely N-dealkylation sites (N-methyl/N-ethyl adjacent to an activating group) is 1. The molecule has 2 nitrogen and oxygen atoms in total. The first-order chi connectivity index (χ1) is 9.22. The van der Waals surface area contributed by atoms with Gasteiger partial charge in [-0.25, -0.2) is 0 Å². The van der Waals surface area contributed by atoms with E-state index >= 15 is 0 Å². The maximum absolute atomic E-state index is 12.4. The highest BCUT2D eigenvalue weighted by atomic mass is 16.1. The third-order valence-corrected chi connectivity index (χ3v) is 4.29. The highest BCUT2D eigenvalue weighted by Crippen LogP contribution is 2.22. The topological polar surface area (TPSA) is 20.3 Å². The van der Waals surface area contributed by atoms with E-state index in [1.165, 1.54) is 32.1 Å². The lowest BCUT2D eigenvalue weighted by Gasteiger charge is -2.33. The summed E-state index contributed by atoms with van der Waals surface area (Å²) in [5.41, 5.74) is 1.98. The van der Waals surface area contributed by atoms with E-state index in [0.717, 1.165) is 17.7 Å². The standard InChI is InChI=1S/C17H25NO/c1-3-18(15-10-5-4-6-11-15)13-17(19)16-12-8-7-9-14(16)2/h7-9,12,15H,3-6,10-11,13H2,1-2H3. The van der Waals surface area contributed by atoms with Gasteiger partial charge < -0.3 is 0 Å². The number of carbonyl (C=O) groups is 1. The Morgan fingerprint density at radius 3 is 2.53 bits per heavy atom. The van der Waals surface area contributed by atoms with E-state index in [0.29, 0.717) is 12.6 Å². The van der Waals surface area contributed by atoms with Crippen LogP contribution >= 0.6 is 0 Å². The molecule has 2 heteroatoms. The molecule has 0 aliphatic heterocycles. The van der Waals surface area contributed by atoms with Gasteiger partial charge >= 0.3 is 0 Å². The minimum atomic E-state index is 0.269. The van der Waals surface area contributed by atoms with E-state index in [4.69, 9.17) is 0 Å². The van der Waals surface area contributed by atoms with Gasteiger partial charge in [-0.1, -0.05) is 50.5 Å². The maximum Gasteiger partial charge on any atom is 0.177 e. The molecule has 1 aliphatic carbocycles. The summed E-state index contributed by atoms with van der Waals surface area (Å²) in [6.07, 6.45) is 6.52. The molecule has 1 aromatic rings. The van der Waals surface area contributed by atoms with E-state index in [-0.39, 0.29) is 5.78 Å². The summed E-state index contributed by atoms with van der Waals surface area (Å²) in [6, 6.07) is 8.53. The summed E-state index contributed by atoms with van der Waals surface area (Å²) < 4.78 is 0.